The summed E-state index contributed by atoms with van der Waals surface area (Å²) in [7, 11) is 0. The van der Waals surface area contributed by atoms with E-state index in [0.717, 1.165) is 12.8 Å². The second-order valence-electron chi connectivity index (χ2n) is 3.65. The largest absolute Gasteiger partial charge is 0.352 e. The first-order valence-electron chi connectivity index (χ1n) is 4.98. The molecule has 1 N–H and O–H groups in total. The Kier molecular flexibility index (Phi) is 2.76. The summed E-state index contributed by atoms with van der Waals surface area (Å²) in [6, 6.07) is 0.381. The molecule has 1 heterocycles. The lowest BCUT2D eigenvalue weighted by Gasteiger charge is -2.11. The van der Waals surface area contributed by atoms with Crippen molar-refractivity contribution in [2.75, 3.05) is 0 Å². The Hall–Kier alpha value is -1.39. The van der Waals surface area contributed by atoms with Crippen LogP contribution in [0.3, 0.4) is 0 Å². The Labute approximate surface area is 82.5 Å². The van der Waals surface area contributed by atoms with E-state index < -0.39 is 0 Å². The van der Waals surface area contributed by atoms with Gasteiger partial charge in [-0.25, -0.2) is 4.68 Å². The van der Waals surface area contributed by atoms with E-state index in [1.165, 1.54) is 17.5 Å². The van der Waals surface area contributed by atoms with Crippen LogP contribution in [0.25, 0.3) is 0 Å². The molecule has 0 radical (unpaired) electrons. The van der Waals surface area contributed by atoms with Crippen LogP contribution in [0.15, 0.2) is 12.4 Å². The van der Waals surface area contributed by atoms with Crippen LogP contribution in [0, 0.1) is 0 Å². The van der Waals surface area contributed by atoms with Crippen LogP contribution in [0.4, 0.5) is 0 Å². The van der Waals surface area contributed by atoms with Crippen molar-refractivity contribution in [2.45, 2.75) is 38.3 Å². The lowest BCUT2D eigenvalue weighted by molar-refractivity contribution is -0.122. The summed E-state index contributed by atoms with van der Waals surface area (Å²) in [6.07, 6.45) is 7.95. The monoisotopic (exact) mass is 194 g/mol. The molecule has 0 unspecified atom stereocenters. The van der Waals surface area contributed by atoms with Crippen molar-refractivity contribution in [2.24, 2.45) is 0 Å². The van der Waals surface area contributed by atoms with Crippen LogP contribution in [-0.2, 0) is 11.3 Å². The highest BCUT2D eigenvalue weighted by atomic mass is 16.2. The molecule has 1 aliphatic rings. The number of amides is 1. The Morgan fingerprint density at radius 2 is 2.29 bits per heavy atom. The topological polar surface area (TPSA) is 59.8 Å². The number of nitrogens with zero attached hydrogens (tertiary/aromatic N) is 3. The lowest BCUT2D eigenvalue weighted by atomic mass is 10.2. The highest BCUT2D eigenvalue weighted by Gasteiger charge is 2.16. The molecule has 2 rings (SSSR count). The molecule has 1 saturated carbocycles. The third kappa shape index (κ3) is 2.31. The molecule has 1 amide bonds. The maximum absolute atomic E-state index is 11.5. The SMILES string of the molecule is O=C(Cn1ccnn1)NC1CCCC1. The zero-order valence-corrected chi connectivity index (χ0v) is 8.02. The number of hydrogen-bond acceptors (Lipinski definition) is 3. The van der Waals surface area contributed by atoms with Gasteiger partial charge >= 0.3 is 0 Å². The normalized spacial score (nSPS) is 17.1. The van der Waals surface area contributed by atoms with Gasteiger partial charge in [0.2, 0.25) is 5.91 Å². The molecule has 0 atom stereocenters. The van der Waals surface area contributed by atoms with E-state index in [1.807, 2.05) is 0 Å². The summed E-state index contributed by atoms with van der Waals surface area (Å²) >= 11 is 0. The molecule has 0 spiro atoms. The molecule has 0 aromatic carbocycles. The van der Waals surface area contributed by atoms with Crippen molar-refractivity contribution in [3.05, 3.63) is 12.4 Å². The minimum absolute atomic E-state index is 0.0300. The van der Waals surface area contributed by atoms with Gasteiger partial charge in [-0.1, -0.05) is 18.1 Å². The van der Waals surface area contributed by atoms with Crippen molar-refractivity contribution < 1.29 is 4.79 Å². The van der Waals surface area contributed by atoms with E-state index in [1.54, 1.807) is 12.4 Å². The fourth-order valence-electron chi connectivity index (χ4n) is 1.81. The molecule has 76 valence electrons. The van der Waals surface area contributed by atoms with E-state index in [9.17, 15) is 4.79 Å². The van der Waals surface area contributed by atoms with Gasteiger partial charge in [0, 0.05) is 12.2 Å². The quantitative estimate of drug-likeness (QED) is 0.754. The van der Waals surface area contributed by atoms with Gasteiger partial charge < -0.3 is 5.32 Å². The Morgan fingerprint density at radius 1 is 1.50 bits per heavy atom. The molecule has 0 bridgehead atoms. The second kappa shape index (κ2) is 4.21. The molecule has 5 nitrogen and oxygen atoms in total. The van der Waals surface area contributed by atoms with E-state index in [2.05, 4.69) is 15.6 Å². The number of hydrogen-bond donors (Lipinski definition) is 1. The van der Waals surface area contributed by atoms with Crippen molar-refractivity contribution >= 4 is 5.91 Å². The first-order valence-corrected chi connectivity index (χ1v) is 4.98. The molecule has 1 aromatic heterocycles. The Bertz CT molecular complexity index is 290. The third-order valence-electron chi connectivity index (χ3n) is 2.50. The minimum atomic E-state index is 0.0300. The summed E-state index contributed by atoms with van der Waals surface area (Å²) in [4.78, 5) is 11.5. The van der Waals surface area contributed by atoms with E-state index in [-0.39, 0.29) is 12.5 Å². The Morgan fingerprint density at radius 3 is 2.93 bits per heavy atom. The lowest BCUT2D eigenvalue weighted by Crippen LogP contribution is -2.35. The van der Waals surface area contributed by atoms with Crippen LogP contribution in [0.2, 0.25) is 0 Å². The fourth-order valence-corrected chi connectivity index (χ4v) is 1.81. The zero-order chi connectivity index (χ0) is 9.80. The van der Waals surface area contributed by atoms with Crippen LogP contribution in [-0.4, -0.2) is 26.9 Å². The van der Waals surface area contributed by atoms with Gasteiger partial charge in [0.15, 0.2) is 0 Å². The van der Waals surface area contributed by atoms with Gasteiger partial charge in [-0.05, 0) is 12.8 Å². The highest BCUT2D eigenvalue weighted by Crippen LogP contribution is 2.17. The number of nitrogens with one attached hydrogen (secondary N) is 1. The second-order valence-corrected chi connectivity index (χ2v) is 3.65. The summed E-state index contributed by atoms with van der Waals surface area (Å²) < 4.78 is 1.53. The van der Waals surface area contributed by atoms with Crippen molar-refractivity contribution in [3.63, 3.8) is 0 Å². The predicted molar refractivity (Wildman–Crippen MR) is 50.4 cm³/mol. The van der Waals surface area contributed by atoms with Crippen LogP contribution in [0.1, 0.15) is 25.7 Å². The number of carbonyl (C=O) groups is 1. The van der Waals surface area contributed by atoms with Gasteiger partial charge in [0.05, 0.1) is 6.20 Å². The van der Waals surface area contributed by atoms with Crippen molar-refractivity contribution in [3.8, 4) is 0 Å². The number of carbonyl (C=O) groups excluding carboxylic acids is 1. The number of aromatic nitrogens is 3. The van der Waals surface area contributed by atoms with Crippen molar-refractivity contribution in [1.29, 1.82) is 0 Å². The molecule has 1 aliphatic carbocycles. The van der Waals surface area contributed by atoms with Gasteiger partial charge in [0.1, 0.15) is 6.54 Å². The molecular formula is C9H14N4O. The maximum Gasteiger partial charge on any atom is 0.242 e. The Balaban J connectivity index is 1.78. The van der Waals surface area contributed by atoms with Gasteiger partial charge in [-0.15, -0.1) is 5.10 Å². The average molecular weight is 194 g/mol. The van der Waals surface area contributed by atoms with Gasteiger partial charge in [-0.2, -0.15) is 0 Å². The van der Waals surface area contributed by atoms with Gasteiger partial charge in [0.25, 0.3) is 0 Å². The maximum atomic E-state index is 11.5. The highest BCUT2D eigenvalue weighted by molar-refractivity contribution is 5.75. The summed E-state index contributed by atoms with van der Waals surface area (Å²) in [5.74, 6) is 0.0300. The molecule has 14 heavy (non-hydrogen) atoms. The van der Waals surface area contributed by atoms with E-state index in [4.69, 9.17) is 0 Å². The predicted octanol–water partition coefficient (Wildman–Crippen LogP) is 0.337. The summed E-state index contributed by atoms with van der Waals surface area (Å²) in [5, 5.41) is 10.4. The molecule has 5 heteroatoms. The molecule has 1 fully saturated rings. The molecule has 0 saturated heterocycles. The average Bonchev–Trinajstić information content (AvgIpc) is 2.76. The van der Waals surface area contributed by atoms with Crippen LogP contribution in [0.5, 0.6) is 0 Å². The van der Waals surface area contributed by atoms with Gasteiger partial charge in [-0.3, -0.25) is 4.79 Å². The molecule has 0 aliphatic heterocycles. The fraction of sp³-hybridized carbons (Fsp3) is 0.667. The van der Waals surface area contributed by atoms with E-state index >= 15 is 0 Å². The minimum Gasteiger partial charge on any atom is -0.352 e. The van der Waals surface area contributed by atoms with Crippen LogP contribution < -0.4 is 5.32 Å². The first kappa shape index (κ1) is 9.18. The zero-order valence-electron chi connectivity index (χ0n) is 8.02. The smallest absolute Gasteiger partial charge is 0.242 e. The van der Waals surface area contributed by atoms with Crippen LogP contribution >= 0.6 is 0 Å². The van der Waals surface area contributed by atoms with E-state index in [0.29, 0.717) is 6.04 Å². The standard InChI is InChI=1S/C9H14N4O/c14-9(7-13-6-5-10-12-13)11-8-3-1-2-4-8/h5-6,8H,1-4,7H2,(H,11,14). The van der Waals surface area contributed by atoms with Crippen molar-refractivity contribution in [1.82, 2.24) is 20.3 Å². The molecule has 1 aromatic rings. The molecular weight excluding hydrogens is 180 g/mol. The number of rotatable bonds is 3. The summed E-state index contributed by atoms with van der Waals surface area (Å²) in [5.41, 5.74) is 0. The summed E-state index contributed by atoms with van der Waals surface area (Å²) in [6.45, 7) is 0.274. The first-order chi connectivity index (χ1) is 6.84. The third-order valence-corrected chi connectivity index (χ3v) is 2.50.